The molecule has 0 fully saturated rings. The van der Waals surface area contributed by atoms with Gasteiger partial charge in [0, 0.05) is 48.1 Å². The molecule has 1 aliphatic rings. The molecule has 9 nitrogen and oxygen atoms in total. The van der Waals surface area contributed by atoms with E-state index in [2.05, 4.69) is 22.4 Å². The van der Waals surface area contributed by atoms with Crippen molar-refractivity contribution in [2.24, 2.45) is 0 Å². The van der Waals surface area contributed by atoms with Crippen molar-refractivity contribution in [3.63, 3.8) is 0 Å². The molecule has 45 heavy (non-hydrogen) atoms. The molecule has 0 atom stereocenters. The summed E-state index contributed by atoms with van der Waals surface area (Å²) in [5, 5.41) is 22.8. The molecule has 0 aliphatic carbocycles. The zero-order chi connectivity index (χ0) is 31.6. The lowest BCUT2D eigenvalue weighted by atomic mass is 9.96. The van der Waals surface area contributed by atoms with Crippen LogP contribution < -0.4 is 24.3 Å². The van der Waals surface area contributed by atoms with Gasteiger partial charge in [-0.1, -0.05) is 24.3 Å². The Morgan fingerprint density at radius 1 is 0.933 bits per heavy atom. The first-order valence-corrected chi connectivity index (χ1v) is 14.8. The number of carbonyl (C=O) groups excluding carboxylic acids is 1. The molecule has 1 aromatic heterocycles. The lowest BCUT2D eigenvalue weighted by molar-refractivity contribution is -0.117. The van der Waals surface area contributed by atoms with Crippen molar-refractivity contribution < 1.29 is 23.7 Å². The third kappa shape index (κ3) is 7.97. The van der Waals surface area contributed by atoms with Crippen molar-refractivity contribution in [3.05, 3.63) is 100 Å². The van der Waals surface area contributed by atoms with Crippen molar-refractivity contribution in [1.82, 2.24) is 10.3 Å². The van der Waals surface area contributed by atoms with Crippen molar-refractivity contribution in [1.29, 1.82) is 10.5 Å². The summed E-state index contributed by atoms with van der Waals surface area (Å²) in [5.41, 5.74) is 6.01. The highest BCUT2D eigenvalue weighted by molar-refractivity contribution is 5.75. The van der Waals surface area contributed by atoms with Gasteiger partial charge in [-0.25, -0.2) is 0 Å². The molecule has 0 bridgehead atoms. The Hall–Kier alpha value is -5.38. The average Bonchev–Trinajstić information content (AvgIpc) is 3.06. The topological polar surface area (TPSA) is 126 Å². The van der Waals surface area contributed by atoms with Crippen LogP contribution >= 0.6 is 0 Å². The number of Topliss-reactive ketones (excluding diaryl/α,β-unsaturated/α-hetero) is 1. The summed E-state index contributed by atoms with van der Waals surface area (Å²) in [5.74, 6) is 2.78. The lowest BCUT2D eigenvalue weighted by Gasteiger charge is -2.19. The van der Waals surface area contributed by atoms with Crippen LogP contribution in [0.15, 0.2) is 67.0 Å². The van der Waals surface area contributed by atoms with Gasteiger partial charge >= 0.3 is 0 Å². The van der Waals surface area contributed by atoms with Crippen LogP contribution in [0.4, 0.5) is 0 Å². The number of aryl methyl sites for hydroxylation is 1. The molecule has 0 saturated heterocycles. The fourth-order valence-corrected chi connectivity index (χ4v) is 5.09. The van der Waals surface area contributed by atoms with E-state index in [1.54, 1.807) is 19.2 Å². The molecule has 0 unspecified atom stereocenters. The predicted octanol–water partition coefficient (Wildman–Crippen LogP) is 6.19. The molecule has 1 N–H and O–H groups in total. The summed E-state index contributed by atoms with van der Waals surface area (Å²) < 4.78 is 24.0. The molecule has 4 aromatic rings. The van der Waals surface area contributed by atoms with E-state index in [0.29, 0.717) is 66.8 Å². The first kappa shape index (κ1) is 31.1. The van der Waals surface area contributed by atoms with E-state index >= 15 is 0 Å². The van der Waals surface area contributed by atoms with Gasteiger partial charge in [0.1, 0.15) is 55.8 Å². The minimum absolute atomic E-state index is 0.169. The number of rotatable bonds is 13. The van der Waals surface area contributed by atoms with Gasteiger partial charge in [0.05, 0.1) is 11.1 Å². The predicted molar refractivity (Wildman–Crippen MR) is 168 cm³/mol. The number of hydrogen-bond acceptors (Lipinski definition) is 9. The Bertz CT molecular complexity index is 1770. The summed E-state index contributed by atoms with van der Waals surface area (Å²) >= 11 is 0. The minimum atomic E-state index is 0.169. The van der Waals surface area contributed by atoms with Gasteiger partial charge in [-0.05, 0) is 67.8 Å². The highest BCUT2D eigenvalue weighted by Crippen LogP contribution is 2.37. The smallest absolute Gasteiger partial charge is 0.161 e. The summed E-state index contributed by atoms with van der Waals surface area (Å²) in [6, 6.07) is 21.5. The van der Waals surface area contributed by atoms with E-state index in [9.17, 15) is 15.3 Å². The van der Waals surface area contributed by atoms with Crippen molar-refractivity contribution in [3.8, 4) is 46.3 Å². The first-order chi connectivity index (χ1) is 21.9. The van der Waals surface area contributed by atoms with Crippen LogP contribution in [0, 0.1) is 29.6 Å². The molecule has 228 valence electrons. The maximum Gasteiger partial charge on any atom is 0.161 e. The second kappa shape index (κ2) is 14.9. The highest BCUT2D eigenvalue weighted by Gasteiger charge is 2.17. The maximum absolute atomic E-state index is 11.3. The molecule has 0 amide bonds. The number of nitrogens with one attached hydrogen (secondary N) is 1. The molecule has 0 radical (unpaired) electrons. The number of ether oxygens (including phenoxy) is 4. The summed E-state index contributed by atoms with van der Waals surface area (Å²) in [6.45, 7) is 6.20. The van der Waals surface area contributed by atoms with Crippen LogP contribution in [0.25, 0.3) is 11.1 Å². The van der Waals surface area contributed by atoms with Crippen LogP contribution in [0.5, 0.6) is 23.0 Å². The van der Waals surface area contributed by atoms with Crippen molar-refractivity contribution in [2.45, 2.75) is 46.4 Å². The number of nitrogens with zero attached hydrogens (tertiary/aromatic N) is 3. The van der Waals surface area contributed by atoms with Crippen LogP contribution in [-0.2, 0) is 24.6 Å². The van der Waals surface area contributed by atoms with Crippen LogP contribution in [0.3, 0.4) is 0 Å². The first-order valence-electron chi connectivity index (χ1n) is 14.8. The second-order valence-corrected chi connectivity index (χ2v) is 10.8. The number of hydrogen-bond donors (Lipinski definition) is 1. The molecule has 0 spiro atoms. The van der Waals surface area contributed by atoms with E-state index in [1.165, 1.54) is 6.20 Å². The van der Waals surface area contributed by atoms with Crippen LogP contribution in [0.2, 0.25) is 0 Å². The Morgan fingerprint density at radius 3 is 2.56 bits per heavy atom. The van der Waals surface area contributed by atoms with Gasteiger partial charge in [0.25, 0.3) is 0 Å². The van der Waals surface area contributed by atoms with Gasteiger partial charge < -0.3 is 29.1 Å². The number of carbonyl (C=O) groups is 1. The quantitative estimate of drug-likeness (QED) is 0.178. The van der Waals surface area contributed by atoms with Gasteiger partial charge in [0.2, 0.25) is 0 Å². The molecular formula is C36H34N4O5. The Labute approximate surface area is 263 Å². The normalized spacial score (nSPS) is 11.7. The van der Waals surface area contributed by atoms with E-state index in [1.807, 2.05) is 55.5 Å². The summed E-state index contributed by atoms with van der Waals surface area (Å²) in [4.78, 5) is 15.4. The van der Waals surface area contributed by atoms with E-state index in [4.69, 9.17) is 18.9 Å². The monoisotopic (exact) mass is 602 g/mol. The van der Waals surface area contributed by atoms with Gasteiger partial charge in [-0.2, -0.15) is 10.5 Å². The number of pyridine rings is 1. The molecule has 2 heterocycles. The zero-order valence-electron chi connectivity index (χ0n) is 25.4. The summed E-state index contributed by atoms with van der Waals surface area (Å²) in [7, 11) is 0. The van der Waals surface area contributed by atoms with Gasteiger partial charge in [-0.3, -0.25) is 4.98 Å². The molecular weight excluding hydrogens is 568 g/mol. The number of nitriles is 2. The molecule has 9 heteroatoms. The molecule has 3 aromatic carbocycles. The number of aromatic nitrogens is 1. The van der Waals surface area contributed by atoms with Crippen molar-refractivity contribution in [2.75, 3.05) is 19.8 Å². The third-order valence-electron chi connectivity index (χ3n) is 7.37. The Kier molecular flexibility index (Phi) is 10.3. The summed E-state index contributed by atoms with van der Waals surface area (Å²) in [6.07, 6.45) is 4.47. The highest BCUT2D eigenvalue weighted by atomic mass is 16.6. The molecule has 1 aliphatic heterocycles. The minimum Gasteiger partial charge on any atom is -0.488 e. The van der Waals surface area contributed by atoms with E-state index in [-0.39, 0.29) is 19.0 Å². The Morgan fingerprint density at radius 2 is 1.76 bits per heavy atom. The van der Waals surface area contributed by atoms with E-state index < -0.39 is 0 Å². The molecule has 0 saturated carbocycles. The average molecular weight is 603 g/mol. The number of fused-ring (bicyclic) bond motifs is 1. The Balaban J connectivity index is 1.36. The maximum atomic E-state index is 11.3. The van der Waals surface area contributed by atoms with Crippen LogP contribution in [-0.4, -0.2) is 30.5 Å². The van der Waals surface area contributed by atoms with Crippen LogP contribution in [0.1, 0.15) is 53.1 Å². The lowest BCUT2D eigenvalue weighted by Crippen LogP contribution is -2.16. The zero-order valence-corrected chi connectivity index (χ0v) is 25.4. The second-order valence-electron chi connectivity index (χ2n) is 10.8. The fourth-order valence-electron chi connectivity index (χ4n) is 5.09. The van der Waals surface area contributed by atoms with E-state index in [0.717, 1.165) is 39.8 Å². The SMILES string of the molecule is CC(=O)CCCNCc1cc(C)c(OCc2cccc(-c3ccc4c(c3)OCCO4)c2C#N)cc1OCc1cncc(C#N)c1. The fraction of sp³-hybridized carbons (Fsp3) is 0.278. The largest absolute Gasteiger partial charge is 0.488 e. The number of ketones is 1. The van der Waals surface area contributed by atoms with Gasteiger partial charge in [0.15, 0.2) is 11.5 Å². The third-order valence-corrected chi connectivity index (χ3v) is 7.37. The molecule has 5 rings (SSSR count). The van der Waals surface area contributed by atoms with Crippen molar-refractivity contribution >= 4 is 5.78 Å². The number of benzene rings is 3. The standard InChI is InChI=1S/C36H34N4O5/c1-24-13-30(21-39-10-4-5-25(2)41)35(44-22-27-14-26(17-37)19-40-20-27)16-34(24)45-23-29-6-3-7-31(32(29)18-38)28-8-9-33-36(15-28)43-12-11-42-33/h3,6-9,13-16,19-20,39H,4-5,10-12,21-23H2,1-2H3. The van der Waals surface area contributed by atoms with Gasteiger partial charge in [-0.15, -0.1) is 0 Å².